The van der Waals surface area contributed by atoms with Gasteiger partial charge in [-0.1, -0.05) is 90.1 Å². The molecular weight excluding hydrogens is 366 g/mol. The number of hydrogen-bond acceptors (Lipinski definition) is 5. The van der Waals surface area contributed by atoms with Crippen molar-refractivity contribution in [1.82, 2.24) is 0 Å². The summed E-state index contributed by atoms with van der Waals surface area (Å²) < 4.78 is 0. The molecule has 1 heterocycles. The minimum atomic E-state index is -1.88. The average Bonchev–Trinajstić information content (AvgIpc) is 3.28. The standard InChI is InChI=1S/C24H15NO4/c26-21(16-11-5-2-6-12-16)20-19(15-9-3-1-4-10-15)24(29-25-20)22(27)17-13-7-8-14-18(17)23(24)28/h1-14,19H/t19-/m1/s1. The number of fused-ring (bicyclic) bond motifs is 1. The van der Waals surface area contributed by atoms with Crippen LogP contribution in [0.25, 0.3) is 0 Å². The lowest BCUT2D eigenvalue weighted by Gasteiger charge is -2.26. The van der Waals surface area contributed by atoms with Gasteiger partial charge >= 0.3 is 0 Å². The number of benzene rings is 3. The van der Waals surface area contributed by atoms with Crippen molar-refractivity contribution in [3.63, 3.8) is 0 Å². The zero-order valence-electron chi connectivity index (χ0n) is 15.2. The van der Waals surface area contributed by atoms with Gasteiger partial charge < -0.3 is 4.84 Å². The van der Waals surface area contributed by atoms with Crippen LogP contribution in [-0.4, -0.2) is 28.7 Å². The summed E-state index contributed by atoms with van der Waals surface area (Å²) in [5, 5.41) is 4.01. The maximum Gasteiger partial charge on any atom is 0.274 e. The van der Waals surface area contributed by atoms with Gasteiger partial charge in [-0.15, -0.1) is 0 Å². The summed E-state index contributed by atoms with van der Waals surface area (Å²) in [7, 11) is 0. The molecule has 0 saturated heterocycles. The van der Waals surface area contributed by atoms with Gasteiger partial charge in [-0.05, 0) is 5.56 Å². The highest BCUT2D eigenvalue weighted by Gasteiger charge is 2.66. The molecule has 0 fully saturated rings. The predicted octanol–water partition coefficient (Wildman–Crippen LogP) is 3.86. The van der Waals surface area contributed by atoms with Crippen LogP contribution in [0.5, 0.6) is 0 Å². The van der Waals surface area contributed by atoms with E-state index < -0.39 is 23.1 Å². The zero-order valence-corrected chi connectivity index (χ0v) is 15.2. The number of oxime groups is 1. The Morgan fingerprint density at radius 1 is 0.759 bits per heavy atom. The molecule has 0 saturated carbocycles. The van der Waals surface area contributed by atoms with Crippen LogP contribution in [0.3, 0.4) is 0 Å². The maximum absolute atomic E-state index is 13.4. The molecule has 29 heavy (non-hydrogen) atoms. The number of hydrogen-bond donors (Lipinski definition) is 0. The summed E-state index contributed by atoms with van der Waals surface area (Å²) in [5.41, 5.74) is -0.197. The number of Topliss-reactive ketones (excluding diaryl/α,β-unsaturated/α-hetero) is 3. The van der Waals surface area contributed by atoms with Crippen molar-refractivity contribution in [2.45, 2.75) is 11.5 Å². The van der Waals surface area contributed by atoms with Gasteiger partial charge in [0.15, 0.2) is 0 Å². The van der Waals surface area contributed by atoms with Gasteiger partial charge in [0.1, 0.15) is 5.71 Å². The molecule has 2 aliphatic rings. The highest BCUT2D eigenvalue weighted by atomic mass is 16.7. The normalized spacial score (nSPS) is 19.0. The van der Waals surface area contributed by atoms with Crippen molar-refractivity contribution in [2.75, 3.05) is 0 Å². The van der Waals surface area contributed by atoms with E-state index in [1.807, 2.05) is 6.07 Å². The Hall–Kier alpha value is -3.86. The molecule has 5 rings (SSSR count). The number of carbonyl (C=O) groups excluding carboxylic acids is 3. The molecule has 1 spiro atoms. The second-order valence-electron chi connectivity index (χ2n) is 7.05. The van der Waals surface area contributed by atoms with Gasteiger partial charge in [0.25, 0.3) is 5.60 Å². The van der Waals surface area contributed by atoms with E-state index in [-0.39, 0.29) is 11.5 Å². The summed E-state index contributed by atoms with van der Waals surface area (Å²) in [6.07, 6.45) is 0. The van der Waals surface area contributed by atoms with Crippen LogP contribution in [0.1, 0.15) is 42.6 Å². The van der Waals surface area contributed by atoms with Crippen LogP contribution >= 0.6 is 0 Å². The lowest BCUT2D eigenvalue weighted by molar-refractivity contribution is 0.00129. The fourth-order valence-corrected chi connectivity index (χ4v) is 4.09. The zero-order chi connectivity index (χ0) is 20.0. The molecule has 0 bridgehead atoms. The van der Waals surface area contributed by atoms with Gasteiger partial charge in [0.05, 0.1) is 5.92 Å². The first-order valence-electron chi connectivity index (χ1n) is 9.24. The van der Waals surface area contributed by atoms with E-state index >= 15 is 0 Å². The van der Waals surface area contributed by atoms with Crippen molar-refractivity contribution in [3.8, 4) is 0 Å². The molecule has 5 heteroatoms. The van der Waals surface area contributed by atoms with Crippen molar-refractivity contribution in [1.29, 1.82) is 0 Å². The van der Waals surface area contributed by atoms with E-state index in [1.54, 1.807) is 78.9 Å². The second-order valence-corrected chi connectivity index (χ2v) is 7.05. The third kappa shape index (κ3) is 2.34. The second kappa shape index (κ2) is 6.34. The van der Waals surface area contributed by atoms with Gasteiger partial charge in [-0.3, -0.25) is 14.4 Å². The Morgan fingerprint density at radius 3 is 1.86 bits per heavy atom. The van der Waals surface area contributed by atoms with Crippen molar-refractivity contribution in [2.24, 2.45) is 5.16 Å². The lowest BCUT2D eigenvalue weighted by atomic mass is 9.74. The Kier molecular flexibility index (Phi) is 3.77. The van der Waals surface area contributed by atoms with Crippen LogP contribution in [0.4, 0.5) is 0 Å². The van der Waals surface area contributed by atoms with Gasteiger partial charge in [0, 0.05) is 16.7 Å². The number of carbonyl (C=O) groups is 3. The highest BCUT2D eigenvalue weighted by molar-refractivity contribution is 6.51. The number of ketones is 3. The third-order valence-electron chi connectivity index (χ3n) is 5.46. The molecule has 1 atom stereocenters. The number of rotatable bonds is 3. The topological polar surface area (TPSA) is 72.8 Å². The summed E-state index contributed by atoms with van der Waals surface area (Å²) in [6.45, 7) is 0. The third-order valence-corrected chi connectivity index (χ3v) is 5.46. The van der Waals surface area contributed by atoms with E-state index in [2.05, 4.69) is 5.16 Å². The Bertz CT molecular complexity index is 1150. The first-order chi connectivity index (χ1) is 14.1. The first-order valence-corrected chi connectivity index (χ1v) is 9.24. The van der Waals surface area contributed by atoms with Gasteiger partial charge in [-0.25, -0.2) is 0 Å². The maximum atomic E-state index is 13.4. The monoisotopic (exact) mass is 381 g/mol. The molecular formula is C24H15NO4. The predicted molar refractivity (Wildman–Crippen MR) is 106 cm³/mol. The molecule has 0 radical (unpaired) electrons. The fourth-order valence-electron chi connectivity index (χ4n) is 4.09. The molecule has 0 aromatic heterocycles. The summed E-state index contributed by atoms with van der Waals surface area (Å²) in [5.74, 6) is -2.23. The molecule has 0 unspecified atom stereocenters. The van der Waals surface area contributed by atoms with E-state index in [1.165, 1.54) is 0 Å². The van der Waals surface area contributed by atoms with Crippen LogP contribution in [0, 0.1) is 0 Å². The summed E-state index contributed by atoms with van der Waals surface area (Å²) in [4.78, 5) is 45.6. The SMILES string of the molecule is O=C(C1=NOC2(C(=O)c3ccccc3C2=O)[C@@H]1c1ccccc1)c1ccccc1. The Balaban J connectivity index is 1.68. The molecule has 0 N–H and O–H groups in total. The Morgan fingerprint density at radius 2 is 1.28 bits per heavy atom. The van der Waals surface area contributed by atoms with Crippen LogP contribution in [0.2, 0.25) is 0 Å². The van der Waals surface area contributed by atoms with Crippen molar-refractivity contribution < 1.29 is 19.2 Å². The van der Waals surface area contributed by atoms with Crippen molar-refractivity contribution in [3.05, 3.63) is 107 Å². The Labute approximate surface area is 166 Å². The van der Waals surface area contributed by atoms with Crippen LogP contribution in [0.15, 0.2) is 90.1 Å². The quantitative estimate of drug-likeness (QED) is 0.510. The van der Waals surface area contributed by atoms with Gasteiger partial charge in [0.2, 0.25) is 17.3 Å². The minimum Gasteiger partial charge on any atom is -0.371 e. The summed E-state index contributed by atoms with van der Waals surface area (Å²) >= 11 is 0. The molecule has 1 aliphatic carbocycles. The highest BCUT2D eigenvalue weighted by Crippen LogP contribution is 2.47. The molecule has 3 aromatic rings. The molecule has 1 aliphatic heterocycles. The smallest absolute Gasteiger partial charge is 0.274 e. The molecule has 3 aromatic carbocycles. The van der Waals surface area contributed by atoms with E-state index in [4.69, 9.17) is 4.84 Å². The summed E-state index contributed by atoms with van der Waals surface area (Å²) in [6, 6.07) is 24.2. The lowest BCUT2D eigenvalue weighted by Crippen LogP contribution is -2.48. The largest absolute Gasteiger partial charge is 0.371 e. The average molecular weight is 381 g/mol. The minimum absolute atomic E-state index is 0.0527. The van der Waals surface area contributed by atoms with E-state index in [9.17, 15) is 14.4 Å². The van der Waals surface area contributed by atoms with Crippen molar-refractivity contribution >= 4 is 23.1 Å². The fraction of sp³-hybridized carbons (Fsp3) is 0.0833. The first kappa shape index (κ1) is 17.3. The molecule has 5 nitrogen and oxygen atoms in total. The van der Waals surface area contributed by atoms with Gasteiger partial charge in [-0.2, -0.15) is 0 Å². The molecule has 0 amide bonds. The van der Waals surface area contributed by atoms with E-state index in [0.717, 1.165) is 0 Å². The molecule has 140 valence electrons. The van der Waals surface area contributed by atoms with Crippen LogP contribution in [-0.2, 0) is 4.84 Å². The number of nitrogens with zero attached hydrogens (tertiary/aromatic N) is 1. The van der Waals surface area contributed by atoms with E-state index in [0.29, 0.717) is 22.3 Å². The van der Waals surface area contributed by atoms with Crippen LogP contribution < -0.4 is 0 Å².